The molecule has 0 bridgehead atoms. The third kappa shape index (κ3) is 5.23. The van der Waals surface area contributed by atoms with Gasteiger partial charge in [-0.1, -0.05) is 36.9 Å². The highest BCUT2D eigenvalue weighted by Crippen LogP contribution is 2.17. The molecule has 0 aromatic carbocycles. The topological polar surface area (TPSA) is 37.8 Å². The van der Waals surface area contributed by atoms with Crippen LogP contribution in [-0.4, -0.2) is 29.0 Å². The van der Waals surface area contributed by atoms with Crippen LogP contribution >= 0.6 is 23.1 Å². The standard InChI is InChI=1S/C8H15N3S2/c1-7(2)5-9-3-4-12-8-11-10-6-13-8/h6-7,9H,3-5H2,1-2H3. The molecule has 0 aliphatic rings. The number of thioether (sulfide) groups is 1. The highest BCUT2D eigenvalue weighted by molar-refractivity contribution is 8.01. The highest BCUT2D eigenvalue weighted by Gasteiger charge is 1.97. The van der Waals surface area contributed by atoms with Gasteiger partial charge in [-0.2, -0.15) is 0 Å². The van der Waals surface area contributed by atoms with E-state index < -0.39 is 0 Å². The monoisotopic (exact) mass is 217 g/mol. The summed E-state index contributed by atoms with van der Waals surface area (Å²) in [4.78, 5) is 0. The fraction of sp³-hybridized carbons (Fsp3) is 0.750. The molecule has 0 spiro atoms. The zero-order valence-corrected chi connectivity index (χ0v) is 9.62. The van der Waals surface area contributed by atoms with Gasteiger partial charge in [-0.25, -0.2) is 0 Å². The Morgan fingerprint density at radius 1 is 1.62 bits per heavy atom. The average Bonchev–Trinajstić information content (AvgIpc) is 2.55. The molecule has 0 radical (unpaired) electrons. The molecule has 1 rings (SSSR count). The number of hydrogen-bond acceptors (Lipinski definition) is 5. The summed E-state index contributed by atoms with van der Waals surface area (Å²) in [6.07, 6.45) is 0. The summed E-state index contributed by atoms with van der Waals surface area (Å²) in [6.45, 7) is 6.56. The van der Waals surface area contributed by atoms with Crippen molar-refractivity contribution in [2.24, 2.45) is 5.92 Å². The minimum atomic E-state index is 0.728. The molecular formula is C8H15N3S2. The van der Waals surface area contributed by atoms with Gasteiger partial charge in [-0.3, -0.25) is 0 Å². The Morgan fingerprint density at radius 2 is 2.46 bits per heavy atom. The Bertz CT molecular complexity index is 211. The van der Waals surface area contributed by atoms with E-state index in [2.05, 4.69) is 29.4 Å². The Kier molecular flexibility index (Phi) is 5.34. The molecule has 0 aliphatic heterocycles. The minimum absolute atomic E-state index is 0.728. The van der Waals surface area contributed by atoms with Crippen molar-refractivity contribution in [1.29, 1.82) is 0 Å². The first-order chi connectivity index (χ1) is 6.29. The molecule has 0 aliphatic carbocycles. The van der Waals surface area contributed by atoms with Crippen LogP contribution in [0.5, 0.6) is 0 Å². The Morgan fingerprint density at radius 3 is 3.08 bits per heavy atom. The predicted octanol–water partition coefficient (Wildman–Crippen LogP) is 1.88. The quantitative estimate of drug-likeness (QED) is 0.583. The van der Waals surface area contributed by atoms with Crippen molar-refractivity contribution in [2.45, 2.75) is 18.2 Å². The summed E-state index contributed by atoms with van der Waals surface area (Å²) in [7, 11) is 0. The second-order valence-electron chi connectivity index (χ2n) is 3.15. The lowest BCUT2D eigenvalue weighted by Crippen LogP contribution is -2.21. The van der Waals surface area contributed by atoms with Crippen molar-refractivity contribution >= 4 is 23.1 Å². The van der Waals surface area contributed by atoms with Gasteiger partial charge >= 0.3 is 0 Å². The molecule has 3 nitrogen and oxygen atoms in total. The zero-order valence-electron chi connectivity index (χ0n) is 7.99. The molecule has 1 N–H and O–H groups in total. The van der Waals surface area contributed by atoms with Crippen LogP contribution in [0.4, 0.5) is 0 Å². The maximum atomic E-state index is 3.95. The minimum Gasteiger partial charge on any atom is -0.316 e. The highest BCUT2D eigenvalue weighted by atomic mass is 32.2. The SMILES string of the molecule is CC(C)CNCCSc1nncs1. The average molecular weight is 217 g/mol. The van der Waals surface area contributed by atoms with Crippen molar-refractivity contribution in [2.75, 3.05) is 18.8 Å². The van der Waals surface area contributed by atoms with Crippen molar-refractivity contribution < 1.29 is 0 Å². The summed E-state index contributed by atoms with van der Waals surface area (Å²) in [5, 5.41) is 11.1. The van der Waals surface area contributed by atoms with E-state index in [9.17, 15) is 0 Å². The first-order valence-corrected chi connectivity index (χ1v) is 6.25. The van der Waals surface area contributed by atoms with Crippen LogP contribution in [0.15, 0.2) is 9.85 Å². The van der Waals surface area contributed by atoms with Crippen LogP contribution < -0.4 is 5.32 Å². The molecule has 0 saturated heterocycles. The van der Waals surface area contributed by atoms with Crippen LogP contribution in [0, 0.1) is 5.92 Å². The van der Waals surface area contributed by atoms with Crippen LogP contribution in [0.3, 0.4) is 0 Å². The van der Waals surface area contributed by atoms with Crippen LogP contribution in [0.25, 0.3) is 0 Å². The molecule has 1 aromatic rings. The lowest BCUT2D eigenvalue weighted by molar-refractivity contribution is 0.568. The first-order valence-electron chi connectivity index (χ1n) is 4.38. The van der Waals surface area contributed by atoms with E-state index in [1.54, 1.807) is 28.6 Å². The molecule has 0 unspecified atom stereocenters. The van der Waals surface area contributed by atoms with Crippen LogP contribution in [-0.2, 0) is 0 Å². The van der Waals surface area contributed by atoms with Gasteiger partial charge in [0.15, 0.2) is 4.34 Å². The van der Waals surface area contributed by atoms with Gasteiger partial charge < -0.3 is 5.32 Å². The Labute approximate surface area is 87.3 Å². The zero-order chi connectivity index (χ0) is 9.52. The van der Waals surface area contributed by atoms with Crippen molar-refractivity contribution in [3.05, 3.63) is 5.51 Å². The van der Waals surface area contributed by atoms with E-state index in [1.165, 1.54) is 0 Å². The molecule has 74 valence electrons. The first kappa shape index (κ1) is 10.9. The maximum absolute atomic E-state index is 3.95. The molecule has 5 heteroatoms. The number of nitrogens with one attached hydrogen (secondary N) is 1. The normalized spacial score (nSPS) is 11.0. The van der Waals surface area contributed by atoms with Crippen LogP contribution in [0.2, 0.25) is 0 Å². The van der Waals surface area contributed by atoms with Crippen LogP contribution in [0.1, 0.15) is 13.8 Å². The molecule has 0 amide bonds. The smallest absolute Gasteiger partial charge is 0.174 e. The maximum Gasteiger partial charge on any atom is 0.174 e. The number of hydrogen-bond donors (Lipinski definition) is 1. The number of nitrogens with zero attached hydrogens (tertiary/aromatic N) is 2. The van der Waals surface area contributed by atoms with Crippen molar-refractivity contribution in [3.8, 4) is 0 Å². The van der Waals surface area contributed by atoms with Gasteiger partial charge in [0.25, 0.3) is 0 Å². The molecule has 0 saturated carbocycles. The summed E-state index contributed by atoms with van der Waals surface area (Å²) < 4.78 is 1.06. The van der Waals surface area contributed by atoms with Crippen molar-refractivity contribution in [3.63, 3.8) is 0 Å². The Hall–Kier alpha value is -0.130. The lowest BCUT2D eigenvalue weighted by Gasteiger charge is -2.05. The summed E-state index contributed by atoms with van der Waals surface area (Å²) in [6, 6.07) is 0. The van der Waals surface area contributed by atoms with E-state index in [0.29, 0.717) is 0 Å². The van der Waals surface area contributed by atoms with Gasteiger partial charge in [-0.05, 0) is 12.5 Å². The second-order valence-corrected chi connectivity index (χ2v) is 5.33. The number of rotatable bonds is 6. The van der Waals surface area contributed by atoms with Gasteiger partial charge in [0.1, 0.15) is 5.51 Å². The predicted molar refractivity (Wildman–Crippen MR) is 58.3 cm³/mol. The van der Waals surface area contributed by atoms with E-state index in [0.717, 1.165) is 29.1 Å². The van der Waals surface area contributed by atoms with E-state index >= 15 is 0 Å². The second kappa shape index (κ2) is 6.34. The third-order valence-electron chi connectivity index (χ3n) is 1.40. The van der Waals surface area contributed by atoms with Gasteiger partial charge in [0, 0.05) is 12.3 Å². The van der Waals surface area contributed by atoms with E-state index in [-0.39, 0.29) is 0 Å². The number of aromatic nitrogens is 2. The molecule has 0 fully saturated rings. The molecular weight excluding hydrogens is 202 g/mol. The fourth-order valence-corrected chi connectivity index (χ4v) is 2.28. The van der Waals surface area contributed by atoms with Gasteiger partial charge in [0.05, 0.1) is 0 Å². The lowest BCUT2D eigenvalue weighted by atomic mass is 10.2. The van der Waals surface area contributed by atoms with E-state index in [4.69, 9.17) is 0 Å². The van der Waals surface area contributed by atoms with Gasteiger partial charge in [-0.15, -0.1) is 10.2 Å². The van der Waals surface area contributed by atoms with Crippen molar-refractivity contribution in [1.82, 2.24) is 15.5 Å². The van der Waals surface area contributed by atoms with Gasteiger partial charge in [0.2, 0.25) is 0 Å². The molecule has 1 heterocycles. The third-order valence-corrected chi connectivity index (χ3v) is 3.26. The van der Waals surface area contributed by atoms with E-state index in [1.807, 2.05) is 0 Å². The fourth-order valence-electron chi connectivity index (χ4n) is 0.827. The molecule has 1 aromatic heterocycles. The summed E-state index contributed by atoms with van der Waals surface area (Å²) >= 11 is 3.36. The Balaban J connectivity index is 1.96. The molecule has 0 atom stereocenters. The summed E-state index contributed by atoms with van der Waals surface area (Å²) in [5.41, 5.74) is 1.77. The largest absolute Gasteiger partial charge is 0.316 e. The summed E-state index contributed by atoms with van der Waals surface area (Å²) in [5.74, 6) is 1.80. The molecule has 13 heavy (non-hydrogen) atoms.